The summed E-state index contributed by atoms with van der Waals surface area (Å²) >= 11 is 0. The van der Waals surface area contributed by atoms with E-state index >= 15 is 0 Å². The van der Waals surface area contributed by atoms with Gasteiger partial charge < -0.3 is 9.84 Å². The zero-order valence-electron chi connectivity index (χ0n) is 6.55. The quantitative estimate of drug-likeness (QED) is 0.570. The molecule has 0 bridgehead atoms. The minimum absolute atomic E-state index is 0.0913. The van der Waals surface area contributed by atoms with E-state index in [-0.39, 0.29) is 12.7 Å². The van der Waals surface area contributed by atoms with Crippen molar-refractivity contribution >= 4 is 0 Å². The first kappa shape index (κ1) is 9.66. The lowest BCUT2D eigenvalue weighted by molar-refractivity contribution is 0.0501. The lowest BCUT2D eigenvalue weighted by Gasteiger charge is -2.10. The van der Waals surface area contributed by atoms with Crippen molar-refractivity contribution in [2.45, 2.75) is 25.9 Å². The molecule has 0 aromatic rings. The van der Waals surface area contributed by atoms with E-state index in [1.807, 2.05) is 0 Å². The maximum atomic E-state index is 8.42. The van der Waals surface area contributed by atoms with Crippen molar-refractivity contribution in [3.05, 3.63) is 12.7 Å². The molecular weight excluding hydrogens is 128 g/mol. The van der Waals surface area contributed by atoms with E-state index in [1.54, 1.807) is 6.08 Å². The van der Waals surface area contributed by atoms with Crippen LogP contribution >= 0.6 is 0 Å². The first-order chi connectivity index (χ1) is 4.85. The lowest BCUT2D eigenvalue weighted by Crippen LogP contribution is -2.11. The van der Waals surface area contributed by atoms with Gasteiger partial charge in [-0.2, -0.15) is 0 Å². The van der Waals surface area contributed by atoms with Gasteiger partial charge in [0.25, 0.3) is 0 Å². The number of aliphatic hydroxyl groups is 1. The van der Waals surface area contributed by atoms with Crippen LogP contribution in [0.4, 0.5) is 0 Å². The van der Waals surface area contributed by atoms with Crippen molar-refractivity contribution < 1.29 is 9.84 Å². The zero-order valence-corrected chi connectivity index (χ0v) is 6.55. The van der Waals surface area contributed by atoms with E-state index in [0.717, 1.165) is 12.8 Å². The highest BCUT2D eigenvalue weighted by Crippen LogP contribution is 2.01. The SMILES string of the molecule is C=C[C@H](CCC)OCCO. The minimum Gasteiger partial charge on any atom is -0.394 e. The summed E-state index contributed by atoms with van der Waals surface area (Å²) in [5, 5.41) is 8.42. The highest BCUT2D eigenvalue weighted by Gasteiger charge is 2.00. The van der Waals surface area contributed by atoms with E-state index < -0.39 is 0 Å². The maximum Gasteiger partial charge on any atom is 0.0754 e. The standard InChI is InChI=1S/C8H16O2/c1-3-5-8(4-2)10-7-6-9/h4,8-9H,2-3,5-7H2,1H3/t8-/m1/s1. The second-order valence-electron chi connectivity index (χ2n) is 2.16. The molecule has 0 amide bonds. The van der Waals surface area contributed by atoms with Crippen molar-refractivity contribution in [2.75, 3.05) is 13.2 Å². The second-order valence-corrected chi connectivity index (χ2v) is 2.16. The van der Waals surface area contributed by atoms with Crippen LogP contribution in [0.2, 0.25) is 0 Å². The molecule has 0 rings (SSSR count). The molecule has 0 radical (unpaired) electrons. The van der Waals surface area contributed by atoms with Crippen LogP contribution in [0.1, 0.15) is 19.8 Å². The molecule has 2 nitrogen and oxygen atoms in total. The van der Waals surface area contributed by atoms with E-state index in [4.69, 9.17) is 9.84 Å². The summed E-state index contributed by atoms with van der Waals surface area (Å²) < 4.78 is 5.21. The molecule has 0 aromatic carbocycles. The third-order valence-corrected chi connectivity index (χ3v) is 1.26. The Kier molecular flexibility index (Phi) is 6.55. The van der Waals surface area contributed by atoms with Crippen molar-refractivity contribution in [3.63, 3.8) is 0 Å². The third-order valence-electron chi connectivity index (χ3n) is 1.26. The Morgan fingerprint density at radius 1 is 1.70 bits per heavy atom. The zero-order chi connectivity index (χ0) is 7.82. The van der Waals surface area contributed by atoms with Gasteiger partial charge in [-0.15, -0.1) is 6.58 Å². The van der Waals surface area contributed by atoms with E-state index in [2.05, 4.69) is 13.5 Å². The number of hydrogen-bond donors (Lipinski definition) is 1. The summed E-state index contributed by atoms with van der Waals surface area (Å²) in [5.74, 6) is 0. The van der Waals surface area contributed by atoms with Gasteiger partial charge in [0.1, 0.15) is 0 Å². The molecule has 0 aliphatic heterocycles. The highest BCUT2D eigenvalue weighted by atomic mass is 16.5. The van der Waals surface area contributed by atoms with Crippen molar-refractivity contribution in [1.29, 1.82) is 0 Å². The minimum atomic E-state index is 0.0913. The summed E-state index contributed by atoms with van der Waals surface area (Å²) in [6.45, 7) is 6.23. The third kappa shape index (κ3) is 4.53. The van der Waals surface area contributed by atoms with Crippen molar-refractivity contribution in [1.82, 2.24) is 0 Å². The molecular formula is C8H16O2. The molecule has 0 saturated heterocycles. The Labute approximate surface area is 62.5 Å². The summed E-state index contributed by atoms with van der Waals surface area (Å²) in [7, 11) is 0. The van der Waals surface area contributed by atoms with Crippen LogP contribution in [0, 0.1) is 0 Å². The molecule has 2 heteroatoms. The average molecular weight is 144 g/mol. The van der Waals surface area contributed by atoms with Gasteiger partial charge in [0.2, 0.25) is 0 Å². The van der Waals surface area contributed by atoms with Crippen LogP contribution in [-0.2, 0) is 4.74 Å². The van der Waals surface area contributed by atoms with Crippen LogP contribution in [0.15, 0.2) is 12.7 Å². The lowest BCUT2D eigenvalue weighted by atomic mass is 10.2. The fourth-order valence-corrected chi connectivity index (χ4v) is 0.758. The highest BCUT2D eigenvalue weighted by molar-refractivity contribution is 4.79. The molecule has 0 unspecified atom stereocenters. The van der Waals surface area contributed by atoms with E-state index in [0.29, 0.717) is 6.61 Å². The Morgan fingerprint density at radius 2 is 2.40 bits per heavy atom. The Hall–Kier alpha value is -0.340. The van der Waals surface area contributed by atoms with Gasteiger partial charge in [-0.25, -0.2) is 0 Å². The van der Waals surface area contributed by atoms with E-state index in [1.165, 1.54) is 0 Å². The van der Waals surface area contributed by atoms with Gasteiger partial charge in [-0.05, 0) is 6.42 Å². The first-order valence-electron chi connectivity index (χ1n) is 3.70. The Balaban J connectivity index is 3.29. The van der Waals surface area contributed by atoms with Crippen molar-refractivity contribution in [3.8, 4) is 0 Å². The monoisotopic (exact) mass is 144 g/mol. The Morgan fingerprint density at radius 3 is 2.80 bits per heavy atom. The van der Waals surface area contributed by atoms with Crippen LogP contribution in [0.25, 0.3) is 0 Å². The molecule has 0 aliphatic carbocycles. The number of hydrogen-bond acceptors (Lipinski definition) is 2. The van der Waals surface area contributed by atoms with Gasteiger partial charge in [-0.3, -0.25) is 0 Å². The largest absolute Gasteiger partial charge is 0.394 e. The maximum absolute atomic E-state index is 8.42. The van der Waals surface area contributed by atoms with Gasteiger partial charge in [0.15, 0.2) is 0 Å². The molecule has 10 heavy (non-hydrogen) atoms. The molecule has 0 heterocycles. The summed E-state index contributed by atoms with van der Waals surface area (Å²) in [5.41, 5.74) is 0. The van der Waals surface area contributed by atoms with Crippen molar-refractivity contribution in [2.24, 2.45) is 0 Å². The summed E-state index contributed by atoms with van der Waals surface area (Å²) in [6.07, 6.45) is 3.97. The fraction of sp³-hybridized carbons (Fsp3) is 0.750. The average Bonchev–Trinajstić information content (AvgIpc) is 1.98. The van der Waals surface area contributed by atoms with E-state index in [9.17, 15) is 0 Å². The fourth-order valence-electron chi connectivity index (χ4n) is 0.758. The van der Waals surface area contributed by atoms with Gasteiger partial charge in [0.05, 0.1) is 19.3 Å². The first-order valence-corrected chi connectivity index (χ1v) is 3.70. The molecule has 0 fully saturated rings. The number of aliphatic hydroxyl groups excluding tert-OH is 1. The Bertz CT molecular complexity index is 81.3. The van der Waals surface area contributed by atoms with Gasteiger partial charge >= 0.3 is 0 Å². The molecule has 1 atom stereocenters. The predicted octanol–water partition coefficient (Wildman–Crippen LogP) is 1.35. The predicted molar refractivity (Wildman–Crippen MR) is 41.9 cm³/mol. The number of ether oxygens (including phenoxy) is 1. The van der Waals surface area contributed by atoms with Gasteiger partial charge in [0, 0.05) is 0 Å². The normalized spacial score (nSPS) is 13.0. The molecule has 0 aromatic heterocycles. The smallest absolute Gasteiger partial charge is 0.0754 e. The van der Waals surface area contributed by atoms with Crippen LogP contribution in [0.3, 0.4) is 0 Å². The summed E-state index contributed by atoms with van der Waals surface area (Å²) in [6, 6.07) is 0. The summed E-state index contributed by atoms with van der Waals surface area (Å²) in [4.78, 5) is 0. The molecule has 60 valence electrons. The molecule has 0 saturated carbocycles. The molecule has 0 spiro atoms. The van der Waals surface area contributed by atoms with Crippen LogP contribution < -0.4 is 0 Å². The van der Waals surface area contributed by atoms with Gasteiger partial charge in [-0.1, -0.05) is 19.4 Å². The van der Waals surface area contributed by atoms with Crippen LogP contribution in [-0.4, -0.2) is 24.4 Å². The number of rotatable bonds is 6. The topological polar surface area (TPSA) is 29.5 Å². The molecule has 0 aliphatic rings. The van der Waals surface area contributed by atoms with Crippen LogP contribution in [0.5, 0.6) is 0 Å². The molecule has 1 N–H and O–H groups in total. The second kappa shape index (κ2) is 6.78.